The third-order valence-electron chi connectivity index (χ3n) is 2.62. The molecule has 72 valence electrons. The summed E-state index contributed by atoms with van der Waals surface area (Å²) in [5.41, 5.74) is 0. The predicted molar refractivity (Wildman–Crippen MR) is 49.1 cm³/mol. The van der Waals surface area contributed by atoms with Gasteiger partial charge in [0.1, 0.15) is 5.25 Å². The van der Waals surface area contributed by atoms with Crippen molar-refractivity contribution in [2.75, 3.05) is 25.9 Å². The van der Waals surface area contributed by atoms with Crippen molar-refractivity contribution in [3.63, 3.8) is 0 Å². The SMILES string of the molecule is CCS(=O)(=O)[C@@H]1CCC[NH+](C)C1. The highest BCUT2D eigenvalue weighted by molar-refractivity contribution is 7.92. The molecule has 0 aromatic heterocycles. The van der Waals surface area contributed by atoms with E-state index in [-0.39, 0.29) is 5.25 Å². The fourth-order valence-electron chi connectivity index (χ4n) is 1.77. The third kappa shape index (κ3) is 2.20. The number of piperidine rings is 1. The van der Waals surface area contributed by atoms with Crippen LogP contribution in [0.1, 0.15) is 19.8 Å². The Hall–Kier alpha value is -0.0900. The van der Waals surface area contributed by atoms with Gasteiger partial charge in [-0.25, -0.2) is 8.42 Å². The summed E-state index contributed by atoms with van der Waals surface area (Å²) in [6.07, 6.45) is 1.92. The summed E-state index contributed by atoms with van der Waals surface area (Å²) < 4.78 is 23.0. The van der Waals surface area contributed by atoms with Gasteiger partial charge in [0, 0.05) is 5.75 Å². The van der Waals surface area contributed by atoms with Gasteiger partial charge in [-0.15, -0.1) is 0 Å². The van der Waals surface area contributed by atoms with Crippen LogP contribution in [-0.4, -0.2) is 39.6 Å². The lowest BCUT2D eigenvalue weighted by Gasteiger charge is -2.26. The van der Waals surface area contributed by atoms with E-state index in [1.807, 2.05) is 0 Å². The number of sulfone groups is 1. The Morgan fingerprint density at radius 1 is 1.50 bits per heavy atom. The quantitative estimate of drug-likeness (QED) is 0.616. The van der Waals surface area contributed by atoms with E-state index in [1.165, 1.54) is 4.90 Å². The van der Waals surface area contributed by atoms with Crippen LogP contribution in [0.15, 0.2) is 0 Å². The molecule has 1 rings (SSSR count). The van der Waals surface area contributed by atoms with Crippen molar-refractivity contribution in [1.29, 1.82) is 0 Å². The standard InChI is InChI=1S/C8H17NO2S/c1-3-12(10,11)8-5-4-6-9(2)7-8/h8H,3-7H2,1-2H3/p+1/t8-/m1/s1. The number of quaternary nitrogens is 1. The molecule has 0 saturated carbocycles. The van der Waals surface area contributed by atoms with E-state index in [2.05, 4.69) is 7.05 Å². The Morgan fingerprint density at radius 3 is 2.67 bits per heavy atom. The average molecular weight is 192 g/mol. The van der Waals surface area contributed by atoms with E-state index in [0.29, 0.717) is 5.75 Å². The van der Waals surface area contributed by atoms with Gasteiger partial charge in [0.2, 0.25) is 0 Å². The minimum absolute atomic E-state index is 0.0729. The van der Waals surface area contributed by atoms with E-state index in [4.69, 9.17) is 0 Å². The van der Waals surface area contributed by atoms with Crippen LogP contribution in [0, 0.1) is 0 Å². The Kier molecular flexibility index (Phi) is 3.12. The molecule has 1 aliphatic heterocycles. The molecule has 1 aliphatic rings. The molecule has 0 amide bonds. The average Bonchev–Trinajstić information content (AvgIpc) is 2.05. The van der Waals surface area contributed by atoms with Crippen LogP contribution in [0.3, 0.4) is 0 Å². The number of likely N-dealkylation sites (tertiary alicyclic amines) is 1. The second kappa shape index (κ2) is 3.75. The monoisotopic (exact) mass is 192 g/mol. The minimum atomic E-state index is -2.78. The van der Waals surface area contributed by atoms with Crippen molar-refractivity contribution >= 4 is 9.84 Å². The van der Waals surface area contributed by atoms with Crippen LogP contribution in [0.2, 0.25) is 0 Å². The fraction of sp³-hybridized carbons (Fsp3) is 1.00. The predicted octanol–water partition coefficient (Wildman–Crippen LogP) is -0.902. The molecule has 3 nitrogen and oxygen atoms in total. The molecule has 0 bridgehead atoms. The molecular weight excluding hydrogens is 174 g/mol. The molecule has 1 heterocycles. The van der Waals surface area contributed by atoms with E-state index < -0.39 is 9.84 Å². The third-order valence-corrected chi connectivity index (χ3v) is 4.84. The molecule has 0 aromatic rings. The summed E-state index contributed by atoms with van der Waals surface area (Å²) >= 11 is 0. The first-order valence-electron chi connectivity index (χ1n) is 4.59. The van der Waals surface area contributed by atoms with Gasteiger partial charge in [0.15, 0.2) is 9.84 Å². The maximum atomic E-state index is 11.5. The van der Waals surface area contributed by atoms with Crippen LogP contribution in [0.4, 0.5) is 0 Å². The Labute approximate surface area is 74.7 Å². The van der Waals surface area contributed by atoms with Crippen LogP contribution >= 0.6 is 0 Å². The molecule has 0 aliphatic carbocycles. The van der Waals surface area contributed by atoms with Crippen LogP contribution in [0.25, 0.3) is 0 Å². The molecule has 1 saturated heterocycles. The zero-order valence-corrected chi connectivity index (χ0v) is 8.65. The van der Waals surface area contributed by atoms with Crippen LogP contribution < -0.4 is 4.90 Å². The highest BCUT2D eigenvalue weighted by Crippen LogP contribution is 2.09. The van der Waals surface area contributed by atoms with Crippen molar-refractivity contribution in [2.24, 2.45) is 0 Å². The van der Waals surface area contributed by atoms with Gasteiger partial charge in [0.05, 0.1) is 20.1 Å². The largest absolute Gasteiger partial charge is 0.336 e. The smallest absolute Gasteiger partial charge is 0.158 e. The van der Waals surface area contributed by atoms with Gasteiger partial charge < -0.3 is 4.90 Å². The molecule has 1 N–H and O–H groups in total. The van der Waals surface area contributed by atoms with Crippen LogP contribution in [0.5, 0.6) is 0 Å². The zero-order valence-electron chi connectivity index (χ0n) is 7.84. The lowest BCUT2D eigenvalue weighted by molar-refractivity contribution is -0.883. The zero-order chi connectivity index (χ0) is 9.19. The van der Waals surface area contributed by atoms with Crippen molar-refractivity contribution in [3.8, 4) is 0 Å². The lowest BCUT2D eigenvalue weighted by atomic mass is 10.1. The fourth-order valence-corrected chi connectivity index (χ4v) is 3.30. The van der Waals surface area contributed by atoms with E-state index in [0.717, 1.165) is 25.9 Å². The summed E-state index contributed by atoms with van der Waals surface area (Å²) in [5, 5.41) is -0.0729. The summed E-state index contributed by atoms with van der Waals surface area (Å²) in [6, 6.07) is 0. The number of nitrogens with one attached hydrogen (secondary N) is 1. The molecule has 1 unspecified atom stereocenters. The number of rotatable bonds is 2. The topological polar surface area (TPSA) is 38.6 Å². The van der Waals surface area contributed by atoms with Gasteiger partial charge in [-0.2, -0.15) is 0 Å². The molecule has 0 aromatic carbocycles. The van der Waals surface area contributed by atoms with E-state index in [9.17, 15) is 8.42 Å². The Morgan fingerprint density at radius 2 is 2.17 bits per heavy atom. The van der Waals surface area contributed by atoms with Crippen molar-refractivity contribution < 1.29 is 13.3 Å². The van der Waals surface area contributed by atoms with Crippen molar-refractivity contribution in [3.05, 3.63) is 0 Å². The summed E-state index contributed by atoms with van der Waals surface area (Å²) in [5.74, 6) is 0.297. The van der Waals surface area contributed by atoms with Gasteiger partial charge in [-0.1, -0.05) is 6.92 Å². The summed E-state index contributed by atoms with van der Waals surface area (Å²) in [4.78, 5) is 1.35. The first-order chi connectivity index (χ1) is 5.56. The summed E-state index contributed by atoms with van der Waals surface area (Å²) in [6.45, 7) is 3.66. The lowest BCUT2D eigenvalue weighted by Crippen LogP contribution is -3.11. The molecular formula is C8H18NO2S+. The van der Waals surface area contributed by atoms with E-state index >= 15 is 0 Å². The van der Waals surface area contributed by atoms with Gasteiger partial charge in [0.25, 0.3) is 0 Å². The minimum Gasteiger partial charge on any atom is -0.336 e. The molecule has 0 radical (unpaired) electrons. The normalized spacial score (nSPS) is 31.8. The van der Waals surface area contributed by atoms with Crippen molar-refractivity contribution in [2.45, 2.75) is 25.0 Å². The van der Waals surface area contributed by atoms with Crippen LogP contribution in [-0.2, 0) is 9.84 Å². The number of hydrogen-bond acceptors (Lipinski definition) is 2. The highest BCUT2D eigenvalue weighted by Gasteiger charge is 2.30. The molecule has 4 heteroatoms. The Balaban J connectivity index is 2.63. The molecule has 1 fully saturated rings. The first kappa shape index (κ1) is 9.99. The maximum Gasteiger partial charge on any atom is 0.158 e. The van der Waals surface area contributed by atoms with Gasteiger partial charge in [-0.05, 0) is 12.8 Å². The Bertz CT molecular complexity index is 235. The van der Waals surface area contributed by atoms with Gasteiger partial charge in [-0.3, -0.25) is 0 Å². The molecule has 12 heavy (non-hydrogen) atoms. The molecule has 0 spiro atoms. The van der Waals surface area contributed by atoms with Crippen molar-refractivity contribution in [1.82, 2.24) is 0 Å². The van der Waals surface area contributed by atoms with E-state index in [1.54, 1.807) is 6.92 Å². The molecule has 2 atom stereocenters. The maximum absolute atomic E-state index is 11.5. The second-order valence-electron chi connectivity index (χ2n) is 3.63. The highest BCUT2D eigenvalue weighted by atomic mass is 32.2. The first-order valence-corrected chi connectivity index (χ1v) is 6.30. The second-order valence-corrected chi connectivity index (χ2v) is 6.20. The van der Waals surface area contributed by atoms with Gasteiger partial charge >= 0.3 is 0 Å². The number of hydrogen-bond donors (Lipinski definition) is 1. The summed E-state index contributed by atoms with van der Waals surface area (Å²) in [7, 11) is -0.708.